The highest BCUT2D eigenvalue weighted by Crippen LogP contribution is 2.14. The van der Waals surface area contributed by atoms with Crippen LogP contribution >= 0.6 is 9.90 Å². The van der Waals surface area contributed by atoms with Gasteiger partial charge in [-0.2, -0.15) is 9.90 Å². The second kappa shape index (κ2) is 18.0. The Bertz CT molecular complexity index is 217. The van der Waals surface area contributed by atoms with E-state index in [9.17, 15) is 4.79 Å². The predicted molar refractivity (Wildman–Crippen MR) is 98.2 cm³/mol. The molecule has 1 atom stereocenters. The molecule has 0 spiro atoms. The molecular formula is C18H39O2P. The molecule has 0 fully saturated rings. The lowest BCUT2D eigenvalue weighted by molar-refractivity contribution is -0.137. The maximum absolute atomic E-state index is 10.3. The van der Waals surface area contributed by atoms with E-state index < -0.39 is 5.97 Å². The van der Waals surface area contributed by atoms with Crippen molar-refractivity contribution in [2.45, 2.75) is 104 Å². The summed E-state index contributed by atoms with van der Waals surface area (Å²) in [6, 6.07) is 0. The summed E-state index contributed by atoms with van der Waals surface area (Å²) in [4.78, 5) is 10.3. The van der Waals surface area contributed by atoms with E-state index >= 15 is 0 Å². The fourth-order valence-electron chi connectivity index (χ4n) is 2.60. The number of carbonyl (C=O) groups is 1. The Balaban J connectivity index is 0. The Labute approximate surface area is 136 Å². The van der Waals surface area contributed by atoms with Gasteiger partial charge >= 0.3 is 5.97 Å². The number of carboxylic acids is 1. The molecule has 1 unspecified atom stereocenters. The van der Waals surface area contributed by atoms with Crippen LogP contribution in [0, 0.1) is 5.92 Å². The van der Waals surface area contributed by atoms with Gasteiger partial charge in [0.1, 0.15) is 0 Å². The van der Waals surface area contributed by atoms with E-state index in [0.717, 1.165) is 18.8 Å². The maximum atomic E-state index is 10.3. The Morgan fingerprint density at radius 2 is 1.05 bits per heavy atom. The summed E-state index contributed by atoms with van der Waals surface area (Å²) < 4.78 is 0. The van der Waals surface area contributed by atoms with Crippen molar-refractivity contribution in [1.82, 2.24) is 0 Å². The molecule has 0 radical (unpaired) electrons. The van der Waals surface area contributed by atoms with E-state index in [1.54, 1.807) is 0 Å². The van der Waals surface area contributed by atoms with E-state index in [0.29, 0.717) is 6.42 Å². The third-order valence-corrected chi connectivity index (χ3v) is 3.92. The molecule has 3 heteroatoms. The summed E-state index contributed by atoms with van der Waals surface area (Å²) in [6.07, 6.45) is 17.3. The van der Waals surface area contributed by atoms with Crippen molar-refractivity contribution in [2.75, 3.05) is 0 Å². The van der Waals surface area contributed by atoms with Crippen LogP contribution in [0.25, 0.3) is 0 Å². The van der Waals surface area contributed by atoms with Crippen molar-refractivity contribution in [3.63, 3.8) is 0 Å². The van der Waals surface area contributed by atoms with Crippen LogP contribution in [0.1, 0.15) is 104 Å². The number of hydrogen-bond donors (Lipinski definition) is 1. The molecule has 2 nitrogen and oxygen atoms in total. The first kappa shape index (κ1) is 23.2. The number of unbranched alkanes of at least 4 members (excludes halogenated alkanes) is 11. The first-order valence-corrected chi connectivity index (χ1v) is 8.84. The molecule has 0 aliphatic rings. The molecule has 0 saturated heterocycles. The zero-order chi connectivity index (χ0) is 15.1. The lowest BCUT2D eigenvalue weighted by Crippen LogP contribution is -1.93. The highest BCUT2D eigenvalue weighted by atomic mass is 31.0. The minimum absolute atomic E-state index is 0. The van der Waals surface area contributed by atoms with Gasteiger partial charge in [0.2, 0.25) is 0 Å². The SMILES string of the molecule is CC(C)CCCCCCCCCCCCCCC(=O)O.P. The molecule has 0 aromatic carbocycles. The molecule has 0 aromatic heterocycles. The van der Waals surface area contributed by atoms with E-state index in [4.69, 9.17) is 5.11 Å². The first-order chi connectivity index (χ1) is 9.63. The Morgan fingerprint density at radius 3 is 1.38 bits per heavy atom. The van der Waals surface area contributed by atoms with Gasteiger partial charge in [0.15, 0.2) is 0 Å². The molecule has 0 aliphatic heterocycles. The molecule has 0 saturated carbocycles. The number of rotatable bonds is 15. The summed E-state index contributed by atoms with van der Waals surface area (Å²) >= 11 is 0. The molecule has 0 amide bonds. The third kappa shape index (κ3) is 22.3. The van der Waals surface area contributed by atoms with Crippen LogP contribution < -0.4 is 0 Å². The molecule has 21 heavy (non-hydrogen) atoms. The summed E-state index contributed by atoms with van der Waals surface area (Å²) in [5.74, 6) is 0.212. The summed E-state index contributed by atoms with van der Waals surface area (Å²) in [7, 11) is 0. The molecular weight excluding hydrogens is 279 g/mol. The van der Waals surface area contributed by atoms with Crippen molar-refractivity contribution in [2.24, 2.45) is 5.92 Å². The van der Waals surface area contributed by atoms with E-state index in [1.807, 2.05) is 0 Å². The summed E-state index contributed by atoms with van der Waals surface area (Å²) in [5.41, 5.74) is 0. The van der Waals surface area contributed by atoms with Gasteiger partial charge in [-0.05, 0) is 12.3 Å². The standard InChI is InChI=1S/C18H36O2.H3P/c1-17(2)15-13-11-9-7-5-3-4-6-8-10-12-14-16-18(19)20;/h17H,3-16H2,1-2H3,(H,19,20);1H3. The minimum Gasteiger partial charge on any atom is -0.481 e. The van der Waals surface area contributed by atoms with Crippen molar-refractivity contribution >= 4 is 15.9 Å². The largest absolute Gasteiger partial charge is 0.481 e. The molecule has 0 heterocycles. The van der Waals surface area contributed by atoms with Crippen LogP contribution in [0.15, 0.2) is 0 Å². The summed E-state index contributed by atoms with van der Waals surface area (Å²) in [5, 5.41) is 8.52. The van der Waals surface area contributed by atoms with Crippen LogP contribution in [-0.4, -0.2) is 11.1 Å². The van der Waals surface area contributed by atoms with Gasteiger partial charge in [-0.3, -0.25) is 4.79 Å². The van der Waals surface area contributed by atoms with Crippen molar-refractivity contribution < 1.29 is 9.90 Å². The quantitative estimate of drug-likeness (QED) is 0.286. The van der Waals surface area contributed by atoms with Crippen LogP contribution in [0.3, 0.4) is 0 Å². The monoisotopic (exact) mass is 318 g/mol. The van der Waals surface area contributed by atoms with Gasteiger partial charge in [-0.1, -0.05) is 90.9 Å². The van der Waals surface area contributed by atoms with Crippen molar-refractivity contribution in [3.05, 3.63) is 0 Å². The topological polar surface area (TPSA) is 37.3 Å². The normalized spacial score (nSPS) is 10.6. The average molecular weight is 318 g/mol. The average Bonchev–Trinajstić information content (AvgIpc) is 2.38. The second-order valence-electron chi connectivity index (χ2n) is 6.57. The summed E-state index contributed by atoms with van der Waals surface area (Å²) in [6.45, 7) is 4.61. The van der Waals surface area contributed by atoms with Crippen molar-refractivity contribution in [1.29, 1.82) is 0 Å². The first-order valence-electron chi connectivity index (χ1n) is 8.84. The number of carboxylic acid groups (broad SMARTS) is 1. The lowest BCUT2D eigenvalue weighted by atomic mass is 10.0. The maximum Gasteiger partial charge on any atom is 0.303 e. The van der Waals surface area contributed by atoms with E-state index in [1.165, 1.54) is 70.6 Å². The van der Waals surface area contributed by atoms with Gasteiger partial charge in [0, 0.05) is 6.42 Å². The zero-order valence-electron chi connectivity index (χ0n) is 14.5. The van der Waals surface area contributed by atoms with E-state index in [2.05, 4.69) is 13.8 Å². The van der Waals surface area contributed by atoms with E-state index in [-0.39, 0.29) is 9.90 Å². The molecule has 128 valence electrons. The molecule has 0 bridgehead atoms. The van der Waals surface area contributed by atoms with Gasteiger partial charge in [-0.25, -0.2) is 0 Å². The van der Waals surface area contributed by atoms with Crippen LogP contribution in [-0.2, 0) is 4.79 Å². The number of hydrogen-bond acceptors (Lipinski definition) is 1. The Hall–Kier alpha value is -0.100. The van der Waals surface area contributed by atoms with Gasteiger partial charge < -0.3 is 5.11 Å². The Morgan fingerprint density at radius 1 is 0.714 bits per heavy atom. The fraction of sp³-hybridized carbons (Fsp3) is 0.944. The molecule has 1 N–H and O–H groups in total. The molecule has 0 rings (SSSR count). The second-order valence-corrected chi connectivity index (χ2v) is 6.57. The highest BCUT2D eigenvalue weighted by Gasteiger charge is 1.97. The third-order valence-electron chi connectivity index (χ3n) is 3.92. The number of aliphatic carboxylic acids is 1. The van der Waals surface area contributed by atoms with Crippen molar-refractivity contribution in [3.8, 4) is 0 Å². The Kier molecular flexibility index (Phi) is 19.8. The van der Waals surface area contributed by atoms with Crippen LogP contribution in [0.2, 0.25) is 0 Å². The zero-order valence-corrected chi connectivity index (χ0v) is 16.0. The fourth-order valence-corrected chi connectivity index (χ4v) is 2.60. The predicted octanol–water partition coefficient (Wildman–Crippen LogP) is 6.25. The van der Waals surface area contributed by atoms with Gasteiger partial charge in [0.25, 0.3) is 0 Å². The van der Waals surface area contributed by atoms with Crippen LogP contribution in [0.4, 0.5) is 0 Å². The van der Waals surface area contributed by atoms with Gasteiger partial charge in [0.05, 0.1) is 0 Å². The highest BCUT2D eigenvalue weighted by molar-refractivity contribution is 6.92. The molecule has 0 aliphatic carbocycles. The van der Waals surface area contributed by atoms with Gasteiger partial charge in [-0.15, -0.1) is 0 Å². The lowest BCUT2D eigenvalue weighted by Gasteiger charge is -2.04. The smallest absolute Gasteiger partial charge is 0.303 e. The molecule has 0 aromatic rings. The minimum atomic E-state index is -0.654. The van der Waals surface area contributed by atoms with Crippen LogP contribution in [0.5, 0.6) is 0 Å².